The number of rotatable bonds is 3. The average Bonchev–Trinajstić information content (AvgIpc) is 2.95. The summed E-state index contributed by atoms with van der Waals surface area (Å²) >= 11 is 0. The maximum atomic E-state index is 11.9. The number of anilines is 1. The van der Waals surface area contributed by atoms with Gasteiger partial charge < -0.3 is 11.1 Å². The third kappa shape index (κ3) is 2.32. The first-order chi connectivity index (χ1) is 7.91. The van der Waals surface area contributed by atoms with E-state index < -0.39 is 10.8 Å². The number of carbonyl (C=O) groups is 1. The standard InChI is InChI=1S/C10H12N4O3/c1-10(2-3-10)13-9(15)6-4-8(11)12-5-7(6)14(16)17/h4-5H,2-3H2,1H3,(H2,11,12)(H,13,15). The van der Waals surface area contributed by atoms with Gasteiger partial charge in [-0.05, 0) is 25.8 Å². The molecule has 17 heavy (non-hydrogen) atoms. The second-order valence-corrected chi connectivity index (χ2v) is 4.40. The van der Waals surface area contributed by atoms with Crippen LogP contribution in [0.15, 0.2) is 12.3 Å². The van der Waals surface area contributed by atoms with Crippen molar-refractivity contribution in [3.05, 3.63) is 27.9 Å². The number of carbonyl (C=O) groups excluding carboxylic acids is 1. The quantitative estimate of drug-likeness (QED) is 0.597. The number of nitrogens with two attached hydrogens (primary N) is 1. The summed E-state index contributed by atoms with van der Waals surface area (Å²) in [4.78, 5) is 25.6. The van der Waals surface area contributed by atoms with Gasteiger partial charge in [-0.2, -0.15) is 0 Å². The van der Waals surface area contributed by atoms with Gasteiger partial charge in [-0.3, -0.25) is 14.9 Å². The summed E-state index contributed by atoms with van der Waals surface area (Å²) in [6.07, 6.45) is 2.76. The monoisotopic (exact) mass is 236 g/mol. The third-order valence-corrected chi connectivity index (χ3v) is 2.76. The maximum Gasteiger partial charge on any atom is 0.300 e. The van der Waals surface area contributed by atoms with Crippen molar-refractivity contribution >= 4 is 17.4 Å². The molecule has 0 atom stereocenters. The highest BCUT2D eigenvalue weighted by atomic mass is 16.6. The molecule has 7 heteroatoms. The van der Waals surface area contributed by atoms with Gasteiger partial charge >= 0.3 is 0 Å². The Balaban J connectivity index is 2.32. The molecular weight excluding hydrogens is 224 g/mol. The Bertz CT molecular complexity index is 496. The molecule has 1 aliphatic rings. The van der Waals surface area contributed by atoms with E-state index in [1.165, 1.54) is 6.07 Å². The molecule has 3 N–H and O–H groups in total. The second-order valence-electron chi connectivity index (χ2n) is 4.40. The van der Waals surface area contributed by atoms with Crippen molar-refractivity contribution in [2.24, 2.45) is 0 Å². The summed E-state index contributed by atoms with van der Waals surface area (Å²) in [5, 5.41) is 13.5. The normalized spacial score (nSPS) is 16.3. The summed E-state index contributed by atoms with van der Waals surface area (Å²) in [6, 6.07) is 1.22. The Morgan fingerprint density at radius 3 is 2.82 bits per heavy atom. The molecule has 0 aromatic carbocycles. The summed E-state index contributed by atoms with van der Waals surface area (Å²) in [7, 11) is 0. The minimum atomic E-state index is -0.642. The Morgan fingerprint density at radius 1 is 1.65 bits per heavy atom. The Kier molecular flexibility index (Phi) is 2.45. The Morgan fingerprint density at radius 2 is 2.29 bits per heavy atom. The van der Waals surface area contributed by atoms with Gasteiger partial charge in [-0.25, -0.2) is 4.98 Å². The van der Waals surface area contributed by atoms with E-state index in [4.69, 9.17) is 5.73 Å². The molecule has 1 heterocycles. The van der Waals surface area contributed by atoms with Crippen LogP contribution in [0, 0.1) is 10.1 Å². The molecule has 2 rings (SSSR count). The number of pyridine rings is 1. The lowest BCUT2D eigenvalue weighted by Crippen LogP contribution is -2.34. The summed E-state index contributed by atoms with van der Waals surface area (Å²) in [5.74, 6) is -0.396. The van der Waals surface area contributed by atoms with Gasteiger partial charge in [-0.15, -0.1) is 0 Å². The molecule has 90 valence electrons. The minimum absolute atomic E-state index is 0.0457. The molecule has 0 bridgehead atoms. The number of amides is 1. The topological polar surface area (TPSA) is 111 Å². The van der Waals surface area contributed by atoms with Crippen molar-refractivity contribution in [3.63, 3.8) is 0 Å². The van der Waals surface area contributed by atoms with Gasteiger partial charge in [0.25, 0.3) is 11.6 Å². The minimum Gasteiger partial charge on any atom is -0.384 e. The summed E-state index contributed by atoms with van der Waals surface area (Å²) < 4.78 is 0. The molecule has 0 saturated heterocycles. The zero-order valence-corrected chi connectivity index (χ0v) is 9.27. The van der Waals surface area contributed by atoms with E-state index in [9.17, 15) is 14.9 Å². The lowest BCUT2D eigenvalue weighted by Gasteiger charge is -2.11. The van der Waals surface area contributed by atoms with Crippen LogP contribution in [0.1, 0.15) is 30.1 Å². The highest BCUT2D eigenvalue weighted by molar-refractivity contribution is 5.99. The fraction of sp³-hybridized carbons (Fsp3) is 0.400. The van der Waals surface area contributed by atoms with E-state index in [2.05, 4.69) is 10.3 Å². The molecule has 0 unspecified atom stereocenters. The molecule has 7 nitrogen and oxygen atoms in total. The van der Waals surface area contributed by atoms with Gasteiger partial charge in [0.2, 0.25) is 0 Å². The lowest BCUT2D eigenvalue weighted by molar-refractivity contribution is -0.385. The highest BCUT2D eigenvalue weighted by Gasteiger charge is 2.39. The maximum absolute atomic E-state index is 11.9. The molecule has 1 fully saturated rings. The van der Waals surface area contributed by atoms with Crippen molar-refractivity contribution in [2.75, 3.05) is 5.73 Å². The zero-order valence-electron chi connectivity index (χ0n) is 9.27. The SMILES string of the molecule is CC1(NC(=O)c2cc(N)ncc2[N+](=O)[O-])CC1. The predicted octanol–water partition coefficient (Wildman–Crippen LogP) is 0.854. The van der Waals surface area contributed by atoms with Crippen LogP contribution < -0.4 is 11.1 Å². The number of nitrogens with zero attached hydrogens (tertiary/aromatic N) is 2. The molecular formula is C10H12N4O3. The van der Waals surface area contributed by atoms with Crippen LogP contribution in [0.4, 0.5) is 11.5 Å². The fourth-order valence-electron chi connectivity index (χ4n) is 1.45. The van der Waals surface area contributed by atoms with E-state index in [-0.39, 0.29) is 22.6 Å². The first-order valence-corrected chi connectivity index (χ1v) is 5.14. The van der Waals surface area contributed by atoms with Crippen LogP contribution in [0.5, 0.6) is 0 Å². The molecule has 0 aliphatic heterocycles. The fourth-order valence-corrected chi connectivity index (χ4v) is 1.45. The molecule has 1 aliphatic carbocycles. The number of hydrogen-bond donors (Lipinski definition) is 2. The molecule has 0 radical (unpaired) electrons. The van der Waals surface area contributed by atoms with Crippen LogP contribution >= 0.6 is 0 Å². The average molecular weight is 236 g/mol. The number of nitrogens with one attached hydrogen (secondary N) is 1. The number of hydrogen-bond acceptors (Lipinski definition) is 5. The first-order valence-electron chi connectivity index (χ1n) is 5.14. The van der Waals surface area contributed by atoms with Crippen molar-refractivity contribution in [2.45, 2.75) is 25.3 Å². The summed E-state index contributed by atoms with van der Waals surface area (Å²) in [6.45, 7) is 1.89. The van der Waals surface area contributed by atoms with Gasteiger partial charge in [-0.1, -0.05) is 0 Å². The van der Waals surface area contributed by atoms with Crippen LogP contribution in [0.25, 0.3) is 0 Å². The first kappa shape index (κ1) is 11.3. The van der Waals surface area contributed by atoms with Gasteiger partial charge in [0, 0.05) is 5.54 Å². The molecule has 1 saturated carbocycles. The van der Waals surface area contributed by atoms with Crippen LogP contribution in [0.2, 0.25) is 0 Å². The van der Waals surface area contributed by atoms with Crippen molar-refractivity contribution in [1.29, 1.82) is 0 Å². The lowest BCUT2D eigenvalue weighted by atomic mass is 10.2. The predicted molar refractivity (Wildman–Crippen MR) is 60.4 cm³/mol. The number of nitro groups is 1. The highest BCUT2D eigenvalue weighted by Crippen LogP contribution is 2.35. The van der Waals surface area contributed by atoms with Crippen molar-refractivity contribution in [1.82, 2.24) is 10.3 Å². The van der Waals surface area contributed by atoms with Crippen LogP contribution in [-0.4, -0.2) is 21.4 Å². The molecule has 1 amide bonds. The molecule has 1 aromatic rings. The van der Waals surface area contributed by atoms with Crippen LogP contribution in [0.3, 0.4) is 0 Å². The van der Waals surface area contributed by atoms with Gasteiger partial charge in [0.15, 0.2) is 0 Å². The Labute approximate surface area is 97.2 Å². The van der Waals surface area contributed by atoms with E-state index in [1.807, 2.05) is 6.92 Å². The number of aromatic nitrogens is 1. The van der Waals surface area contributed by atoms with E-state index in [0.717, 1.165) is 19.0 Å². The number of nitrogen functional groups attached to an aromatic ring is 1. The molecule has 0 spiro atoms. The van der Waals surface area contributed by atoms with E-state index in [1.54, 1.807) is 0 Å². The Hall–Kier alpha value is -2.18. The summed E-state index contributed by atoms with van der Waals surface area (Å²) in [5.41, 5.74) is 4.82. The van der Waals surface area contributed by atoms with E-state index >= 15 is 0 Å². The van der Waals surface area contributed by atoms with Crippen molar-refractivity contribution in [3.8, 4) is 0 Å². The second kappa shape index (κ2) is 3.69. The third-order valence-electron chi connectivity index (χ3n) is 2.76. The molecule has 1 aromatic heterocycles. The van der Waals surface area contributed by atoms with Crippen molar-refractivity contribution < 1.29 is 9.72 Å². The smallest absolute Gasteiger partial charge is 0.300 e. The van der Waals surface area contributed by atoms with Crippen LogP contribution in [-0.2, 0) is 0 Å². The van der Waals surface area contributed by atoms with Gasteiger partial charge in [0.05, 0.1) is 4.92 Å². The van der Waals surface area contributed by atoms with E-state index in [0.29, 0.717) is 0 Å². The van der Waals surface area contributed by atoms with Gasteiger partial charge in [0.1, 0.15) is 17.6 Å². The zero-order chi connectivity index (χ0) is 12.6. The largest absolute Gasteiger partial charge is 0.384 e.